The molecule has 0 atom stereocenters. The molecule has 2 aliphatic rings. The van der Waals surface area contributed by atoms with Crippen LogP contribution in [0.5, 0.6) is 5.75 Å². The minimum atomic E-state index is -0.570. The van der Waals surface area contributed by atoms with Crippen molar-refractivity contribution >= 4 is 11.6 Å². The molecule has 2 saturated heterocycles. The van der Waals surface area contributed by atoms with Gasteiger partial charge in [-0.1, -0.05) is 35.9 Å². The Kier molecular flexibility index (Phi) is 7.22. The second-order valence-corrected chi connectivity index (χ2v) is 8.34. The largest absolute Gasteiger partial charge is 0.492 e. The molecule has 2 heterocycles. The molecule has 0 spiro atoms. The van der Waals surface area contributed by atoms with E-state index in [0.717, 1.165) is 49.8 Å². The van der Waals surface area contributed by atoms with Crippen molar-refractivity contribution in [3.63, 3.8) is 0 Å². The van der Waals surface area contributed by atoms with Gasteiger partial charge in [-0.05, 0) is 37.5 Å². The number of hydrogen-bond acceptors (Lipinski definition) is 5. The van der Waals surface area contributed by atoms with Gasteiger partial charge in [0.15, 0.2) is 0 Å². The first kappa shape index (κ1) is 21.8. The number of aryl methyl sites for hydroxylation is 1. The predicted molar refractivity (Wildman–Crippen MR) is 121 cm³/mol. The van der Waals surface area contributed by atoms with Gasteiger partial charge in [-0.15, -0.1) is 0 Å². The first-order valence-electron chi connectivity index (χ1n) is 11.2. The first-order valence-corrected chi connectivity index (χ1v) is 11.2. The molecule has 4 rings (SSSR count). The molecule has 0 aromatic heterocycles. The van der Waals surface area contributed by atoms with Gasteiger partial charge in [-0.2, -0.15) is 0 Å². The fourth-order valence-electron chi connectivity index (χ4n) is 4.27. The maximum atomic E-state index is 13.5. The fraction of sp³-hybridized carbons (Fsp3) is 0.480. The van der Waals surface area contributed by atoms with E-state index >= 15 is 0 Å². The van der Waals surface area contributed by atoms with Gasteiger partial charge in [0.2, 0.25) is 5.91 Å². The molecule has 31 heavy (non-hydrogen) atoms. The average Bonchev–Trinajstić information content (AvgIpc) is 2.81. The van der Waals surface area contributed by atoms with Crippen LogP contribution in [0.25, 0.3) is 0 Å². The zero-order valence-corrected chi connectivity index (χ0v) is 18.3. The summed E-state index contributed by atoms with van der Waals surface area (Å²) in [6, 6.07) is 16.0. The Balaban J connectivity index is 1.41. The van der Waals surface area contributed by atoms with Gasteiger partial charge in [0.1, 0.15) is 12.4 Å². The molecular formula is C25H32N2O4. The van der Waals surface area contributed by atoms with Crippen LogP contribution < -0.4 is 10.1 Å². The highest BCUT2D eigenvalue weighted by Gasteiger charge is 2.41. The van der Waals surface area contributed by atoms with Crippen LogP contribution in [0.4, 0.5) is 5.69 Å². The van der Waals surface area contributed by atoms with E-state index in [2.05, 4.69) is 41.4 Å². The summed E-state index contributed by atoms with van der Waals surface area (Å²) in [7, 11) is 0. The Labute approximate surface area is 184 Å². The van der Waals surface area contributed by atoms with Crippen molar-refractivity contribution < 1.29 is 19.0 Å². The molecule has 0 saturated carbocycles. The summed E-state index contributed by atoms with van der Waals surface area (Å²) in [5.41, 5.74) is 2.43. The van der Waals surface area contributed by atoms with E-state index in [1.807, 2.05) is 24.3 Å². The van der Waals surface area contributed by atoms with Crippen LogP contribution in [-0.2, 0) is 19.7 Å². The molecule has 2 aromatic carbocycles. The van der Waals surface area contributed by atoms with Gasteiger partial charge in [0.25, 0.3) is 0 Å². The maximum Gasteiger partial charge on any atom is 0.235 e. The molecule has 2 aromatic rings. The Morgan fingerprint density at radius 3 is 2.48 bits per heavy atom. The van der Waals surface area contributed by atoms with Gasteiger partial charge < -0.3 is 19.5 Å². The first-order chi connectivity index (χ1) is 15.2. The molecule has 0 radical (unpaired) electrons. The van der Waals surface area contributed by atoms with Crippen molar-refractivity contribution in [3.8, 4) is 5.75 Å². The number of carbonyl (C=O) groups is 1. The molecule has 1 amide bonds. The van der Waals surface area contributed by atoms with E-state index in [1.165, 1.54) is 5.56 Å². The molecule has 2 fully saturated rings. The van der Waals surface area contributed by atoms with E-state index in [4.69, 9.17) is 14.2 Å². The van der Waals surface area contributed by atoms with Crippen LogP contribution in [0, 0.1) is 6.92 Å². The topological polar surface area (TPSA) is 60.0 Å². The normalized spacial score (nSPS) is 19.0. The second-order valence-electron chi connectivity index (χ2n) is 8.34. The zero-order valence-electron chi connectivity index (χ0n) is 18.3. The molecule has 6 nitrogen and oxygen atoms in total. The predicted octanol–water partition coefficient (Wildman–Crippen LogP) is 3.39. The number of ether oxygens (including phenoxy) is 3. The van der Waals surface area contributed by atoms with E-state index in [9.17, 15) is 4.79 Å². The summed E-state index contributed by atoms with van der Waals surface area (Å²) in [5.74, 6) is 0.785. The number of nitrogens with zero attached hydrogens (tertiary/aromatic N) is 1. The van der Waals surface area contributed by atoms with E-state index < -0.39 is 5.41 Å². The lowest BCUT2D eigenvalue weighted by Gasteiger charge is -2.36. The Morgan fingerprint density at radius 1 is 1.03 bits per heavy atom. The third-order valence-corrected chi connectivity index (χ3v) is 6.26. The van der Waals surface area contributed by atoms with Crippen molar-refractivity contribution in [1.29, 1.82) is 0 Å². The lowest BCUT2D eigenvalue weighted by molar-refractivity contribution is -0.125. The van der Waals surface area contributed by atoms with Crippen LogP contribution in [0.15, 0.2) is 48.5 Å². The van der Waals surface area contributed by atoms with Crippen molar-refractivity contribution in [3.05, 3.63) is 59.7 Å². The molecule has 1 N–H and O–H groups in total. The number of amides is 1. The van der Waals surface area contributed by atoms with Crippen molar-refractivity contribution in [2.75, 3.05) is 58.0 Å². The molecule has 2 aliphatic heterocycles. The highest BCUT2D eigenvalue weighted by Crippen LogP contribution is 2.36. The average molecular weight is 425 g/mol. The zero-order chi connectivity index (χ0) is 21.5. The smallest absolute Gasteiger partial charge is 0.235 e. The van der Waals surface area contributed by atoms with Crippen LogP contribution in [0.1, 0.15) is 24.0 Å². The monoisotopic (exact) mass is 424 g/mol. The van der Waals surface area contributed by atoms with Crippen molar-refractivity contribution in [1.82, 2.24) is 4.90 Å². The van der Waals surface area contributed by atoms with E-state index in [0.29, 0.717) is 32.7 Å². The summed E-state index contributed by atoms with van der Waals surface area (Å²) in [6.45, 7) is 8.20. The Morgan fingerprint density at radius 2 is 1.74 bits per heavy atom. The standard InChI is InChI=1S/C25H32N2O4/c1-20-5-7-21(8-6-20)25(9-14-29-15-10-25)24(28)26-22-3-2-4-23(19-22)31-18-13-27-11-16-30-17-12-27/h2-8,19H,9-18H2,1H3,(H,26,28). The number of nitrogens with one attached hydrogen (secondary N) is 1. The van der Waals surface area contributed by atoms with Gasteiger partial charge in [-0.3, -0.25) is 9.69 Å². The van der Waals surface area contributed by atoms with Crippen molar-refractivity contribution in [2.45, 2.75) is 25.2 Å². The molecule has 166 valence electrons. The van der Waals surface area contributed by atoms with Crippen LogP contribution >= 0.6 is 0 Å². The summed E-state index contributed by atoms with van der Waals surface area (Å²) in [5, 5.41) is 3.14. The van der Waals surface area contributed by atoms with Gasteiger partial charge in [0.05, 0.1) is 18.6 Å². The number of rotatable bonds is 7. The Hall–Kier alpha value is -2.41. The minimum absolute atomic E-state index is 0.0186. The highest BCUT2D eigenvalue weighted by molar-refractivity contribution is 5.99. The number of anilines is 1. The fourth-order valence-corrected chi connectivity index (χ4v) is 4.27. The molecule has 6 heteroatoms. The minimum Gasteiger partial charge on any atom is -0.492 e. The van der Waals surface area contributed by atoms with Crippen LogP contribution in [0.3, 0.4) is 0 Å². The quantitative estimate of drug-likeness (QED) is 0.738. The van der Waals surface area contributed by atoms with Gasteiger partial charge >= 0.3 is 0 Å². The molecular weight excluding hydrogens is 392 g/mol. The third kappa shape index (κ3) is 5.45. The lowest BCUT2D eigenvalue weighted by Crippen LogP contribution is -2.44. The summed E-state index contributed by atoms with van der Waals surface area (Å²) in [6.07, 6.45) is 1.36. The lowest BCUT2D eigenvalue weighted by atomic mass is 9.73. The van der Waals surface area contributed by atoms with E-state index in [-0.39, 0.29) is 5.91 Å². The van der Waals surface area contributed by atoms with Gasteiger partial charge in [-0.25, -0.2) is 0 Å². The maximum absolute atomic E-state index is 13.5. The summed E-state index contributed by atoms with van der Waals surface area (Å²) in [4.78, 5) is 15.8. The van der Waals surface area contributed by atoms with E-state index in [1.54, 1.807) is 0 Å². The van der Waals surface area contributed by atoms with Crippen LogP contribution in [-0.4, -0.2) is 63.5 Å². The number of morpholine rings is 1. The molecule has 0 aliphatic carbocycles. The van der Waals surface area contributed by atoms with Crippen molar-refractivity contribution in [2.24, 2.45) is 0 Å². The second kappa shape index (κ2) is 10.3. The highest BCUT2D eigenvalue weighted by atomic mass is 16.5. The summed E-state index contributed by atoms with van der Waals surface area (Å²) < 4.78 is 16.9. The number of carbonyl (C=O) groups excluding carboxylic acids is 1. The molecule has 0 bridgehead atoms. The van der Waals surface area contributed by atoms with Crippen LogP contribution in [0.2, 0.25) is 0 Å². The Bertz CT molecular complexity index is 856. The number of hydrogen-bond donors (Lipinski definition) is 1. The molecule has 0 unspecified atom stereocenters. The summed E-state index contributed by atoms with van der Waals surface area (Å²) >= 11 is 0. The SMILES string of the molecule is Cc1ccc(C2(C(=O)Nc3cccc(OCCN4CCOCC4)c3)CCOCC2)cc1. The third-order valence-electron chi connectivity index (χ3n) is 6.26. The van der Waals surface area contributed by atoms with Gasteiger partial charge in [0, 0.05) is 44.6 Å². The number of benzene rings is 2.